The van der Waals surface area contributed by atoms with Crippen molar-refractivity contribution >= 4 is 58.9 Å². The number of ether oxygens (including phenoxy) is 3. The van der Waals surface area contributed by atoms with Crippen LogP contribution in [-0.2, 0) is 38.2 Å². The van der Waals surface area contributed by atoms with Gasteiger partial charge >= 0.3 is 67.6 Å². The molecule has 10 rings (SSSR count). The molecule has 5 fully saturated rings. The second-order valence-corrected chi connectivity index (χ2v) is 17.8. The number of esters is 3. The Kier molecular flexibility index (Phi) is 27.7. The van der Waals surface area contributed by atoms with Crippen molar-refractivity contribution in [3.8, 4) is 0 Å². The van der Waals surface area contributed by atoms with Crippen molar-refractivity contribution in [1.82, 2.24) is 24.9 Å². The maximum absolute atomic E-state index is 11.4. The zero-order valence-electron chi connectivity index (χ0n) is 42.8. The van der Waals surface area contributed by atoms with Gasteiger partial charge in [0.2, 0.25) is 0 Å². The van der Waals surface area contributed by atoms with Crippen molar-refractivity contribution < 1.29 is 97.1 Å². The standard InChI is InChI=1S/3C11H14N2O2.2C9H10N2O2.CH4.2Li.2H2O/c3*1-2-15-11(14)9-5-8(9)7-3-4-10(12)13-6-7;2*10-8-2-1-5(4-11-8)6-3-7(6)9(12)13;;;;;/h3*3-4,6,8-9H,2,5H2,1H3,(H2,12,13);2*1-2,4,6-7H,3H2,(H2,10,11)(H,12,13);1H4;;;2*1H2/q;;;;;;2*+1;;/p-2/t2*8-,9+;;2*6-,7+;;;;;/m10.10...../s1. The van der Waals surface area contributed by atoms with E-state index in [0.717, 1.165) is 59.9 Å². The van der Waals surface area contributed by atoms with Crippen LogP contribution < -0.4 is 66.4 Å². The summed E-state index contributed by atoms with van der Waals surface area (Å²) in [5, 5.41) is 17.4. The first kappa shape index (κ1) is 67.2. The van der Waals surface area contributed by atoms with Gasteiger partial charge in [-0.25, -0.2) is 24.9 Å². The number of pyridine rings is 5. The SMILES string of the molecule is C.CCOC(=O)C1CC1c1ccc(N)nc1.CCOC(=O)[C@@H]1C[C@H]1c1ccc(N)nc1.CCOC(=O)[C@H]1C[C@@H]1c1ccc(N)nc1.Nc1ccc([C@@H]2C[C@H]2C(=O)O)cn1.Nc1ccc([C@H]2C[C@@H]2C(=O)O)cn1.[Li+].[Li+].[OH-].[OH-]. The molecule has 0 spiro atoms. The van der Waals surface area contributed by atoms with Crippen LogP contribution in [-0.4, -0.2) is 95.8 Å². The Morgan fingerprint density at radius 2 is 0.592 bits per heavy atom. The van der Waals surface area contributed by atoms with Gasteiger partial charge < -0.3 is 64.0 Å². The molecule has 5 saturated carbocycles. The summed E-state index contributed by atoms with van der Waals surface area (Å²) in [5.74, 6) is 1.47. The average molecular weight is 1040 g/mol. The maximum atomic E-state index is 11.4. The molecule has 5 aliphatic rings. The van der Waals surface area contributed by atoms with Crippen LogP contribution in [0.2, 0.25) is 0 Å². The fraction of sp³-hybridized carbons (Fsp3) is 0.423. The number of carboxylic acids is 2. The summed E-state index contributed by atoms with van der Waals surface area (Å²) in [6, 6.07) is 18.1. The molecule has 0 radical (unpaired) electrons. The summed E-state index contributed by atoms with van der Waals surface area (Å²) in [6.45, 7) is 6.80. The molecule has 5 heterocycles. The van der Waals surface area contributed by atoms with Crippen molar-refractivity contribution in [2.45, 2.75) is 89.9 Å². The molecule has 5 aliphatic carbocycles. The largest absolute Gasteiger partial charge is 1.00 e. The summed E-state index contributed by atoms with van der Waals surface area (Å²) in [4.78, 5) is 75.2. The van der Waals surface area contributed by atoms with E-state index in [0.29, 0.717) is 48.9 Å². The fourth-order valence-corrected chi connectivity index (χ4v) is 8.07. The summed E-state index contributed by atoms with van der Waals surface area (Å²) < 4.78 is 14.9. The summed E-state index contributed by atoms with van der Waals surface area (Å²) in [7, 11) is 0. The number of carbonyl (C=O) groups is 5. The molecule has 0 saturated heterocycles. The van der Waals surface area contributed by atoms with E-state index in [1.165, 1.54) is 0 Å². The van der Waals surface area contributed by atoms with Gasteiger partial charge in [-0.05, 0) is 141 Å². The molecule has 5 aromatic rings. The van der Waals surface area contributed by atoms with Gasteiger partial charge in [0.25, 0.3) is 0 Å². The Morgan fingerprint density at radius 1 is 0.408 bits per heavy atom. The van der Waals surface area contributed by atoms with Gasteiger partial charge in [0.05, 0.1) is 49.4 Å². The number of nitrogen functional groups attached to an aromatic ring is 5. The quantitative estimate of drug-likeness (QED) is 0.0463. The van der Waals surface area contributed by atoms with Crippen molar-refractivity contribution in [2.75, 3.05) is 48.5 Å². The monoisotopic (exact) mass is 1040 g/mol. The Balaban J connectivity index is 0.000000468. The van der Waals surface area contributed by atoms with E-state index in [2.05, 4.69) is 24.9 Å². The number of carboxylic acid groups (broad SMARTS) is 2. The van der Waals surface area contributed by atoms with Crippen LogP contribution in [0.15, 0.2) is 91.6 Å². The maximum Gasteiger partial charge on any atom is 1.00 e. The molecule has 24 heteroatoms. The van der Waals surface area contributed by atoms with Crippen LogP contribution in [0.1, 0.15) is 118 Å². The number of rotatable bonds is 13. The number of hydrogen-bond acceptors (Lipinski definition) is 20. The Hall–Kier alpha value is -6.79. The van der Waals surface area contributed by atoms with E-state index in [4.69, 9.17) is 53.1 Å². The summed E-state index contributed by atoms with van der Waals surface area (Å²) >= 11 is 0. The second kappa shape index (κ2) is 31.3. The first-order valence-electron chi connectivity index (χ1n) is 23.6. The Morgan fingerprint density at radius 3 is 0.737 bits per heavy atom. The van der Waals surface area contributed by atoms with Crippen LogP contribution in [0.25, 0.3) is 0 Å². The fourth-order valence-electron chi connectivity index (χ4n) is 8.07. The molecular formula is C52H68Li2N10O12. The summed E-state index contributed by atoms with van der Waals surface area (Å²) in [5.41, 5.74) is 32.5. The minimum absolute atomic E-state index is 0. The molecule has 400 valence electrons. The van der Waals surface area contributed by atoms with E-state index in [1.54, 1.807) is 61.3 Å². The minimum atomic E-state index is -0.721. The Bertz CT molecular complexity index is 2360. The van der Waals surface area contributed by atoms with Crippen molar-refractivity contribution in [2.24, 2.45) is 29.6 Å². The van der Waals surface area contributed by atoms with Crippen molar-refractivity contribution in [3.63, 3.8) is 0 Å². The molecule has 10 atom stereocenters. The topological polar surface area (TPSA) is 408 Å². The van der Waals surface area contributed by atoms with Gasteiger partial charge in [-0.3, -0.25) is 24.0 Å². The molecule has 5 aromatic heterocycles. The zero-order valence-corrected chi connectivity index (χ0v) is 42.8. The third-order valence-corrected chi connectivity index (χ3v) is 12.5. The molecule has 14 N–H and O–H groups in total. The van der Waals surface area contributed by atoms with Crippen LogP contribution in [0, 0.1) is 29.6 Å². The minimum Gasteiger partial charge on any atom is -0.870 e. The Labute approximate surface area is 466 Å². The molecule has 76 heavy (non-hydrogen) atoms. The molecule has 0 aromatic carbocycles. The van der Waals surface area contributed by atoms with E-state index in [-0.39, 0.29) is 133 Å². The number of nitrogens with zero attached hydrogens (tertiary/aromatic N) is 5. The number of aliphatic carboxylic acids is 2. The molecule has 0 aliphatic heterocycles. The van der Waals surface area contributed by atoms with E-state index >= 15 is 0 Å². The number of aromatic nitrogens is 5. The number of nitrogens with two attached hydrogens (primary N) is 5. The number of anilines is 5. The van der Waals surface area contributed by atoms with Gasteiger partial charge in [-0.1, -0.05) is 37.8 Å². The van der Waals surface area contributed by atoms with Gasteiger partial charge in [0.15, 0.2) is 0 Å². The normalized spacial score (nSPS) is 22.7. The van der Waals surface area contributed by atoms with Gasteiger partial charge in [-0.15, -0.1) is 0 Å². The van der Waals surface area contributed by atoms with E-state index < -0.39 is 11.9 Å². The third-order valence-electron chi connectivity index (χ3n) is 12.5. The molecule has 0 bridgehead atoms. The number of carbonyl (C=O) groups excluding carboxylic acids is 3. The number of hydrogen-bond donors (Lipinski definition) is 7. The third kappa shape index (κ3) is 19.7. The van der Waals surface area contributed by atoms with E-state index in [9.17, 15) is 24.0 Å². The van der Waals surface area contributed by atoms with Crippen LogP contribution in [0.5, 0.6) is 0 Å². The van der Waals surface area contributed by atoms with Crippen LogP contribution >= 0.6 is 0 Å². The first-order chi connectivity index (χ1) is 34.0. The van der Waals surface area contributed by atoms with Crippen molar-refractivity contribution in [3.05, 3.63) is 119 Å². The van der Waals surface area contributed by atoms with Gasteiger partial charge in [0.1, 0.15) is 29.1 Å². The molecule has 22 nitrogen and oxygen atoms in total. The molecule has 2 unspecified atom stereocenters. The molecular weight excluding hydrogens is 971 g/mol. The van der Waals surface area contributed by atoms with E-state index in [1.807, 2.05) is 51.1 Å². The predicted octanol–water partition coefficient (Wildman–Crippen LogP) is -0.0145. The van der Waals surface area contributed by atoms with Crippen molar-refractivity contribution in [1.29, 1.82) is 0 Å². The smallest absolute Gasteiger partial charge is 0.870 e. The first-order valence-corrected chi connectivity index (χ1v) is 23.6. The predicted molar refractivity (Wildman–Crippen MR) is 273 cm³/mol. The zero-order chi connectivity index (χ0) is 51.4. The van der Waals surface area contributed by atoms with Gasteiger partial charge in [-0.2, -0.15) is 0 Å². The molecule has 0 amide bonds. The second-order valence-electron chi connectivity index (χ2n) is 17.8. The summed E-state index contributed by atoms with van der Waals surface area (Å²) in [6.07, 6.45) is 12.6. The van der Waals surface area contributed by atoms with Gasteiger partial charge in [0, 0.05) is 31.0 Å². The van der Waals surface area contributed by atoms with Crippen LogP contribution in [0.4, 0.5) is 29.1 Å². The average Bonchev–Trinajstić information content (AvgIpc) is 4.13. The van der Waals surface area contributed by atoms with Crippen LogP contribution in [0.3, 0.4) is 0 Å².